The lowest BCUT2D eigenvalue weighted by atomic mass is 9.98. The average Bonchev–Trinajstić information content (AvgIpc) is 3.03. The summed E-state index contributed by atoms with van der Waals surface area (Å²) in [5.74, 6) is 1.67. The van der Waals surface area contributed by atoms with Crippen molar-refractivity contribution in [1.29, 1.82) is 0 Å². The molecule has 16 heavy (non-hydrogen) atoms. The molecule has 0 amide bonds. The van der Waals surface area contributed by atoms with Gasteiger partial charge in [0.25, 0.3) is 0 Å². The van der Waals surface area contributed by atoms with Gasteiger partial charge in [-0.2, -0.15) is 0 Å². The Balaban J connectivity index is 2.18. The van der Waals surface area contributed by atoms with Crippen LogP contribution in [0.25, 0.3) is 0 Å². The molecule has 1 aromatic rings. The van der Waals surface area contributed by atoms with Crippen molar-refractivity contribution < 1.29 is 9.47 Å². The molecule has 3 nitrogen and oxygen atoms in total. The smallest absolute Gasteiger partial charge is 0.175 e. The lowest BCUT2D eigenvalue weighted by Gasteiger charge is -2.24. The normalized spacial score (nSPS) is 20.7. The topological polar surface area (TPSA) is 44.5 Å². The van der Waals surface area contributed by atoms with E-state index in [1.165, 1.54) is 5.56 Å². The summed E-state index contributed by atoms with van der Waals surface area (Å²) in [5.41, 5.74) is 8.42. The lowest BCUT2D eigenvalue weighted by molar-refractivity contribution is 0.169. The van der Waals surface area contributed by atoms with Crippen LogP contribution in [0.4, 0.5) is 0 Å². The summed E-state index contributed by atoms with van der Waals surface area (Å²) in [4.78, 5) is 0. The zero-order chi connectivity index (χ0) is 11.3. The molecule has 0 spiro atoms. The molecule has 86 valence electrons. The van der Waals surface area contributed by atoms with Crippen LogP contribution in [0, 0.1) is 6.92 Å². The molecular weight excluding hydrogens is 270 g/mol. The predicted octanol–water partition coefficient (Wildman–Crippen LogP) is 2.48. The summed E-state index contributed by atoms with van der Waals surface area (Å²) in [6, 6.07) is 2.08. The minimum atomic E-state index is -0.136. The summed E-state index contributed by atoms with van der Waals surface area (Å²) < 4.78 is 12.2. The van der Waals surface area contributed by atoms with E-state index in [1.54, 1.807) is 0 Å². The Hall–Kier alpha value is -0.740. The molecule has 1 heterocycles. The molecule has 2 N–H and O–H groups in total. The fourth-order valence-electron chi connectivity index (χ4n) is 2.22. The molecule has 1 fully saturated rings. The Bertz CT molecular complexity index is 455. The van der Waals surface area contributed by atoms with E-state index < -0.39 is 0 Å². The first-order valence-corrected chi connectivity index (χ1v) is 6.29. The van der Waals surface area contributed by atoms with Crippen LogP contribution in [0.15, 0.2) is 10.5 Å². The van der Waals surface area contributed by atoms with Gasteiger partial charge in [0.05, 0.1) is 4.47 Å². The third-order valence-corrected chi connectivity index (χ3v) is 3.93. The summed E-state index contributed by atoms with van der Waals surface area (Å²) in [7, 11) is 0. The standard InChI is InChI=1S/C12H14BrNO2/c1-7-8(12(14)2-3-12)6-9(13)11-10(7)15-4-5-16-11/h6H,2-5,14H2,1H3. The minimum absolute atomic E-state index is 0.136. The SMILES string of the molecule is Cc1c(C2(N)CC2)cc(Br)c2c1OCCO2. The highest BCUT2D eigenvalue weighted by molar-refractivity contribution is 9.10. The van der Waals surface area contributed by atoms with Crippen LogP contribution in [0.1, 0.15) is 24.0 Å². The highest BCUT2D eigenvalue weighted by Gasteiger charge is 2.42. The molecule has 1 aromatic carbocycles. The summed E-state index contributed by atoms with van der Waals surface area (Å²) in [6.45, 7) is 3.28. The van der Waals surface area contributed by atoms with Crippen LogP contribution < -0.4 is 15.2 Å². The van der Waals surface area contributed by atoms with E-state index in [4.69, 9.17) is 15.2 Å². The maximum Gasteiger partial charge on any atom is 0.175 e. The molecule has 0 aromatic heterocycles. The van der Waals surface area contributed by atoms with E-state index >= 15 is 0 Å². The van der Waals surface area contributed by atoms with Crippen LogP contribution in [0.5, 0.6) is 11.5 Å². The molecular formula is C12H14BrNO2. The van der Waals surface area contributed by atoms with E-state index in [1.807, 2.05) is 0 Å². The second-order valence-corrected chi connectivity index (χ2v) is 5.40. The van der Waals surface area contributed by atoms with Gasteiger partial charge in [-0.15, -0.1) is 0 Å². The Morgan fingerprint density at radius 1 is 1.25 bits per heavy atom. The molecule has 0 unspecified atom stereocenters. The average molecular weight is 284 g/mol. The first-order valence-electron chi connectivity index (χ1n) is 5.50. The van der Waals surface area contributed by atoms with Gasteiger partial charge in [0.1, 0.15) is 13.2 Å². The molecule has 3 rings (SSSR count). The fraction of sp³-hybridized carbons (Fsp3) is 0.500. The second-order valence-electron chi connectivity index (χ2n) is 4.54. The Morgan fingerprint density at radius 2 is 1.88 bits per heavy atom. The predicted molar refractivity (Wildman–Crippen MR) is 65.0 cm³/mol. The molecule has 4 heteroatoms. The van der Waals surface area contributed by atoms with Crippen LogP contribution in [-0.2, 0) is 5.54 Å². The molecule has 0 radical (unpaired) electrons. The molecule has 0 saturated heterocycles. The number of fused-ring (bicyclic) bond motifs is 1. The van der Waals surface area contributed by atoms with Gasteiger partial charge in [-0.1, -0.05) is 0 Å². The maximum absolute atomic E-state index is 6.25. The summed E-state index contributed by atoms with van der Waals surface area (Å²) in [5, 5.41) is 0. The molecule has 1 saturated carbocycles. The molecule has 0 atom stereocenters. The number of hydrogen-bond donors (Lipinski definition) is 1. The Kier molecular flexibility index (Phi) is 2.20. The van der Waals surface area contributed by atoms with Gasteiger partial charge < -0.3 is 15.2 Å². The quantitative estimate of drug-likeness (QED) is 0.861. The van der Waals surface area contributed by atoms with E-state index in [2.05, 4.69) is 28.9 Å². The van der Waals surface area contributed by atoms with E-state index in [9.17, 15) is 0 Å². The number of nitrogens with two attached hydrogens (primary N) is 1. The molecule has 2 aliphatic rings. The van der Waals surface area contributed by atoms with Crippen LogP contribution >= 0.6 is 15.9 Å². The number of benzene rings is 1. The maximum atomic E-state index is 6.25. The van der Waals surface area contributed by atoms with Crippen molar-refractivity contribution in [1.82, 2.24) is 0 Å². The Labute approximate surface area is 103 Å². The van der Waals surface area contributed by atoms with E-state index in [-0.39, 0.29) is 5.54 Å². The van der Waals surface area contributed by atoms with Gasteiger partial charge in [-0.3, -0.25) is 0 Å². The highest BCUT2D eigenvalue weighted by Crippen LogP contribution is 2.50. The molecule has 1 aliphatic carbocycles. The van der Waals surface area contributed by atoms with Gasteiger partial charge in [0.2, 0.25) is 0 Å². The minimum Gasteiger partial charge on any atom is -0.486 e. The lowest BCUT2D eigenvalue weighted by Crippen LogP contribution is -2.23. The van der Waals surface area contributed by atoms with Gasteiger partial charge in [-0.25, -0.2) is 0 Å². The monoisotopic (exact) mass is 283 g/mol. The van der Waals surface area contributed by atoms with Gasteiger partial charge in [0.15, 0.2) is 11.5 Å². The number of rotatable bonds is 1. The Morgan fingerprint density at radius 3 is 2.50 bits per heavy atom. The molecule has 1 aliphatic heterocycles. The largest absolute Gasteiger partial charge is 0.486 e. The van der Waals surface area contributed by atoms with Gasteiger partial charge in [0, 0.05) is 11.1 Å². The summed E-state index contributed by atoms with van der Waals surface area (Å²) in [6.07, 6.45) is 2.11. The van der Waals surface area contributed by atoms with Crippen LogP contribution in [-0.4, -0.2) is 13.2 Å². The van der Waals surface area contributed by atoms with Gasteiger partial charge >= 0.3 is 0 Å². The van der Waals surface area contributed by atoms with Crippen molar-refractivity contribution in [2.45, 2.75) is 25.3 Å². The number of hydrogen-bond acceptors (Lipinski definition) is 3. The highest BCUT2D eigenvalue weighted by atomic mass is 79.9. The number of halogens is 1. The molecule has 0 bridgehead atoms. The second kappa shape index (κ2) is 3.37. The fourth-order valence-corrected chi connectivity index (χ4v) is 2.74. The zero-order valence-corrected chi connectivity index (χ0v) is 10.8. The first kappa shape index (κ1) is 10.4. The van der Waals surface area contributed by atoms with Crippen molar-refractivity contribution in [3.63, 3.8) is 0 Å². The van der Waals surface area contributed by atoms with Crippen LogP contribution in [0.2, 0.25) is 0 Å². The zero-order valence-electron chi connectivity index (χ0n) is 9.18. The first-order chi connectivity index (χ1) is 7.62. The van der Waals surface area contributed by atoms with Crippen molar-refractivity contribution in [3.8, 4) is 11.5 Å². The number of ether oxygens (including phenoxy) is 2. The van der Waals surface area contributed by atoms with Crippen molar-refractivity contribution in [3.05, 3.63) is 21.7 Å². The van der Waals surface area contributed by atoms with Gasteiger partial charge in [-0.05, 0) is 47.3 Å². The van der Waals surface area contributed by atoms with Crippen molar-refractivity contribution in [2.75, 3.05) is 13.2 Å². The van der Waals surface area contributed by atoms with Crippen LogP contribution in [0.3, 0.4) is 0 Å². The van der Waals surface area contributed by atoms with E-state index in [0.29, 0.717) is 13.2 Å². The summed E-state index contributed by atoms with van der Waals surface area (Å²) >= 11 is 3.53. The van der Waals surface area contributed by atoms with Crippen molar-refractivity contribution >= 4 is 15.9 Å². The van der Waals surface area contributed by atoms with Crippen molar-refractivity contribution in [2.24, 2.45) is 5.73 Å². The third-order valence-electron chi connectivity index (χ3n) is 3.34. The third kappa shape index (κ3) is 1.44. The van der Waals surface area contributed by atoms with E-state index in [0.717, 1.165) is 34.4 Å².